The molecule has 0 fully saturated rings. The number of nitroso groups, excluding NO2 is 1. The van der Waals surface area contributed by atoms with E-state index in [1.165, 1.54) is 31.3 Å². The van der Waals surface area contributed by atoms with Gasteiger partial charge in [0.1, 0.15) is 5.75 Å². The fourth-order valence-corrected chi connectivity index (χ4v) is 2.09. The molecule has 0 bridgehead atoms. The lowest BCUT2D eigenvalue weighted by molar-refractivity contribution is -0.131. The first-order valence-electron chi connectivity index (χ1n) is 5.68. The van der Waals surface area contributed by atoms with E-state index in [-0.39, 0.29) is 21.4 Å². The molecule has 1 aromatic heterocycles. The molecular formula is C12H10N4O4S. The number of aromatic nitrogens is 1. The first-order chi connectivity index (χ1) is 9.99. The summed E-state index contributed by atoms with van der Waals surface area (Å²) in [6.45, 7) is 1.22. The quantitative estimate of drug-likeness (QED) is 0.386. The van der Waals surface area contributed by atoms with Crippen LogP contribution in [0.25, 0.3) is 0 Å². The van der Waals surface area contributed by atoms with Crippen LogP contribution in [0.1, 0.15) is 17.3 Å². The second-order valence-corrected chi connectivity index (χ2v) is 4.91. The SMILES string of the molecule is CC(=O)Oc1cc(N)ccc1C(=O)Nc1ncc(N=O)s1. The summed E-state index contributed by atoms with van der Waals surface area (Å²) in [5.41, 5.74) is 6.07. The van der Waals surface area contributed by atoms with Gasteiger partial charge in [-0.25, -0.2) is 4.98 Å². The molecule has 0 aliphatic carbocycles. The first-order valence-corrected chi connectivity index (χ1v) is 6.49. The molecule has 3 N–H and O–H groups in total. The lowest BCUT2D eigenvalue weighted by Crippen LogP contribution is -2.15. The molecule has 108 valence electrons. The van der Waals surface area contributed by atoms with Gasteiger partial charge in [0.2, 0.25) is 0 Å². The highest BCUT2D eigenvalue weighted by Gasteiger charge is 2.16. The standard InChI is InChI=1S/C12H10N4O4S/c1-6(17)20-9-4-7(13)2-3-8(9)11(18)15-12-14-5-10(16-19)21-12/h2-5H,13H2,1H3,(H,14,15,18). The van der Waals surface area contributed by atoms with Crippen LogP contribution in [0, 0.1) is 4.91 Å². The number of amides is 1. The molecule has 2 aromatic rings. The summed E-state index contributed by atoms with van der Waals surface area (Å²) in [7, 11) is 0. The molecule has 0 spiro atoms. The number of nitrogens with zero attached hydrogens (tertiary/aromatic N) is 2. The minimum absolute atomic E-state index is 0.0466. The third-order valence-corrected chi connectivity index (χ3v) is 3.10. The molecule has 0 radical (unpaired) electrons. The lowest BCUT2D eigenvalue weighted by atomic mass is 10.1. The van der Waals surface area contributed by atoms with Crippen molar-refractivity contribution in [2.24, 2.45) is 5.18 Å². The van der Waals surface area contributed by atoms with Gasteiger partial charge in [-0.2, -0.15) is 0 Å². The summed E-state index contributed by atoms with van der Waals surface area (Å²) in [4.78, 5) is 37.3. The average Bonchev–Trinajstić information content (AvgIpc) is 2.85. The Bertz CT molecular complexity index is 713. The van der Waals surface area contributed by atoms with Crippen molar-refractivity contribution in [3.8, 4) is 5.75 Å². The van der Waals surface area contributed by atoms with Crippen LogP contribution in [0.2, 0.25) is 0 Å². The van der Waals surface area contributed by atoms with Crippen molar-refractivity contribution >= 4 is 39.0 Å². The first kappa shape index (κ1) is 14.6. The Kier molecular flexibility index (Phi) is 4.24. The fourth-order valence-electron chi connectivity index (χ4n) is 1.50. The second-order valence-electron chi connectivity index (χ2n) is 3.90. The Morgan fingerprint density at radius 3 is 2.81 bits per heavy atom. The van der Waals surface area contributed by atoms with Crippen LogP contribution in [0.4, 0.5) is 15.8 Å². The van der Waals surface area contributed by atoms with Crippen molar-refractivity contribution in [2.45, 2.75) is 6.92 Å². The van der Waals surface area contributed by atoms with Crippen molar-refractivity contribution in [1.29, 1.82) is 0 Å². The van der Waals surface area contributed by atoms with Crippen LogP contribution in [0.15, 0.2) is 29.6 Å². The number of anilines is 2. The number of nitrogen functional groups attached to an aromatic ring is 1. The van der Waals surface area contributed by atoms with Gasteiger partial charge >= 0.3 is 5.97 Å². The van der Waals surface area contributed by atoms with E-state index in [1.807, 2.05) is 0 Å². The maximum absolute atomic E-state index is 12.1. The van der Waals surface area contributed by atoms with Crippen LogP contribution in [0.5, 0.6) is 5.75 Å². The van der Waals surface area contributed by atoms with Crippen molar-refractivity contribution < 1.29 is 14.3 Å². The highest BCUT2D eigenvalue weighted by atomic mass is 32.1. The van der Waals surface area contributed by atoms with E-state index >= 15 is 0 Å². The minimum atomic E-state index is -0.573. The number of carbonyl (C=O) groups excluding carboxylic acids is 2. The van der Waals surface area contributed by atoms with E-state index in [0.717, 1.165) is 11.3 Å². The second kappa shape index (κ2) is 6.09. The van der Waals surface area contributed by atoms with Crippen molar-refractivity contribution in [3.63, 3.8) is 0 Å². The lowest BCUT2D eigenvalue weighted by Gasteiger charge is -2.09. The van der Waals surface area contributed by atoms with Crippen LogP contribution in [-0.4, -0.2) is 16.9 Å². The maximum atomic E-state index is 12.1. The number of nitrogens with one attached hydrogen (secondary N) is 1. The van der Waals surface area contributed by atoms with E-state index < -0.39 is 11.9 Å². The highest BCUT2D eigenvalue weighted by Crippen LogP contribution is 2.27. The molecule has 21 heavy (non-hydrogen) atoms. The zero-order valence-electron chi connectivity index (χ0n) is 10.8. The van der Waals surface area contributed by atoms with Gasteiger partial charge in [-0.1, -0.05) is 11.3 Å². The topological polar surface area (TPSA) is 124 Å². The van der Waals surface area contributed by atoms with Gasteiger partial charge in [-0.15, -0.1) is 4.91 Å². The summed E-state index contributed by atoms with van der Waals surface area (Å²) < 4.78 is 4.95. The van der Waals surface area contributed by atoms with Gasteiger partial charge in [0, 0.05) is 18.7 Å². The predicted octanol–water partition coefficient (Wildman–Crippen LogP) is 2.30. The number of hydrogen-bond donors (Lipinski definition) is 2. The Balaban J connectivity index is 2.25. The van der Waals surface area contributed by atoms with Gasteiger partial charge in [0.15, 0.2) is 10.1 Å². The van der Waals surface area contributed by atoms with Crippen LogP contribution < -0.4 is 15.8 Å². The Morgan fingerprint density at radius 2 is 2.19 bits per heavy atom. The van der Waals surface area contributed by atoms with Crippen molar-refractivity contribution in [1.82, 2.24) is 4.98 Å². The molecular weight excluding hydrogens is 296 g/mol. The molecule has 0 atom stereocenters. The molecule has 0 saturated heterocycles. The molecule has 8 nitrogen and oxygen atoms in total. The minimum Gasteiger partial charge on any atom is -0.426 e. The molecule has 9 heteroatoms. The van der Waals surface area contributed by atoms with Crippen molar-refractivity contribution in [3.05, 3.63) is 34.9 Å². The van der Waals surface area contributed by atoms with Gasteiger partial charge < -0.3 is 10.5 Å². The van der Waals surface area contributed by atoms with E-state index in [1.54, 1.807) is 0 Å². The number of rotatable bonds is 4. The monoisotopic (exact) mass is 306 g/mol. The zero-order valence-corrected chi connectivity index (χ0v) is 11.6. The smallest absolute Gasteiger partial charge is 0.308 e. The summed E-state index contributed by atoms with van der Waals surface area (Å²) in [6.07, 6.45) is 1.24. The summed E-state index contributed by atoms with van der Waals surface area (Å²) in [6, 6.07) is 4.30. The maximum Gasteiger partial charge on any atom is 0.308 e. The van der Waals surface area contributed by atoms with Crippen LogP contribution in [0.3, 0.4) is 0 Å². The van der Waals surface area contributed by atoms with E-state index in [0.29, 0.717) is 5.69 Å². The summed E-state index contributed by atoms with van der Waals surface area (Å²) >= 11 is 0.924. The fraction of sp³-hybridized carbons (Fsp3) is 0.0833. The van der Waals surface area contributed by atoms with Gasteiger partial charge in [0.25, 0.3) is 5.91 Å². The Hall–Kier alpha value is -2.81. The molecule has 0 aliphatic heterocycles. The number of carbonyl (C=O) groups is 2. The molecule has 0 unspecified atom stereocenters. The average molecular weight is 306 g/mol. The third-order valence-electron chi connectivity index (χ3n) is 2.31. The molecule has 1 aromatic carbocycles. The largest absolute Gasteiger partial charge is 0.426 e. The zero-order chi connectivity index (χ0) is 15.4. The van der Waals surface area contributed by atoms with Gasteiger partial charge in [0.05, 0.1) is 11.8 Å². The number of nitrogens with two attached hydrogens (primary N) is 1. The Morgan fingerprint density at radius 1 is 1.43 bits per heavy atom. The highest BCUT2D eigenvalue weighted by molar-refractivity contribution is 7.19. The molecule has 0 saturated carbocycles. The number of esters is 1. The summed E-state index contributed by atoms with van der Waals surface area (Å²) in [5.74, 6) is -1.07. The Labute approximate surface area is 122 Å². The van der Waals surface area contributed by atoms with E-state index in [2.05, 4.69) is 15.5 Å². The number of benzene rings is 1. The summed E-state index contributed by atoms with van der Waals surface area (Å²) in [5, 5.41) is 5.54. The molecule has 1 heterocycles. The number of ether oxygens (including phenoxy) is 1. The van der Waals surface area contributed by atoms with E-state index in [9.17, 15) is 14.5 Å². The number of thiazole rings is 1. The number of hydrogen-bond acceptors (Lipinski definition) is 8. The van der Waals surface area contributed by atoms with Crippen LogP contribution >= 0.6 is 11.3 Å². The predicted molar refractivity (Wildman–Crippen MR) is 77.7 cm³/mol. The third kappa shape index (κ3) is 3.60. The van der Waals surface area contributed by atoms with Crippen molar-refractivity contribution in [2.75, 3.05) is 11.1 Å². The van der Waals surface area contributed by atoms with Crippen LogP contribution in [-0.2, 0) is 4.79 Å². The molecule has 2 rings (SSSR count). The van der Waals surface area contributed by atoms with E-state index in [4.69, 9.17) is 10.5 Å². The molecule has 1 amide bonds. The molecule has 0 aliphatic rings. The van der Waals surface area contributed by atoms with Gasteiger partial charge in [-0.3, -0.25) is 14.9 Å². The van der Waals surface area contributed by atoms with Gasteiger partial charge in [-0.05, 0) is 17.3 Å². The normalized spacial score (nSPS) is 9.95.